The van der Waals surface area contributed by atoms with E-state index in [0.29, 0.717) is 10.8 Å². The van der Waals surface area contributed by atoms with E-state index in [1.165, 1.54) is 29.5 Å². The van der Waals surface area contributed by atoms with Crippen molar-refractivity contribution in [3.8, 4) is 0 Å². The monoisotopic (exact) mass is 314 g/mol. The molecule has 1 heterocycles. The van der Waals surface area contributed by atoms with Crippen LogP contribution in [0.4, 0.5) is 15.2 Å². The Bertz CT molecular complexity index is 634. The molecule has 0 aliphatic carbocycles. The number of hydrogen-bond acceptors (Lipinski definition) is 5. The zero-order valence-corrected chi connectivity index (χ0v) is 12.3. The third-order valence-corrected chi connectivity index (χ3v) is 3.50. The van der Waals surface area contributed by atoms with Crippen molar-refractivity contribution in [2.75, 3.05) is 10.6 Å². The van der Waals surface area contributed by atoms with Crippen LogP contribution < -0.4 is 10.6 Å². The van der Waals surface area contributed by atoms with Crippen LogP contribution in [0.15, 0.2) is 18.2 Å². The minimum absolute atomic E-state index is 0.00218. The normalized spacial score (nSPS) is 12.0. The third kappa shape index (κ3) is 3.64. The van der Waals surface area contributed by atoms with Gasteiger partial charge in [0.15, 0.2) is 0 Å². The summed E-state index contributed by atoms with van der Waals surface area (Å²) in [7, 11) is 0. The van der Waals surface area contributed by atoms with Gasteiger partial charge < -0.3 is 5.32 Å². The van der Waals surface area contributed by atoms with E-state index in [4.69, 9.17) is 11.6 Å². The number of anilines is 2. The van der Waals surface area contributed by atoms with Crippen LogP contribution in [-0.4, -0.2) is 22.1 Å². The molecule has 2 N–H and O–H groups in total. The van der Waals surface area contributed by atoms with E-state index in [2.05, 4.69) is 20.8 Å². The van der Waals surface area contributed by atoms with E-state index in [1.807, 2.05) is 0 Å². The molecule has 1 aromatic heterocycles. The summed E-state index contributed by atoms with van der Waals surface area (Å²) in [6.45, 7) is 3.48. The SMILES string of the molecule is Cc1nnc(NC(=O)[C@H](C)Nc2ccc(F)c(Cl)c2)s1. The van der Waals surface area contributed by atoms with Crippen LogP contribution in [0.2, 0.25) is 5.02 Å². The van der Waals surface area contributed by atoms with Gasteiger partial charge in [0.1, 0.15) is 16.9 Å². The molecule has 0 fully saturated rings. The Labute approximate surface area is 124 Å². The van der Waals surface area contributed by atoms with Gasteiger partial charge in [0.2, 0.25) is 11.0 Å². The molecule has 0 saturated heterocycles. The number of nitrogens with one attached hydrogen (secondary N) is 2. The Kier molecular flexibility index (Phi) is 4.51. The largest absolute Gasteiger partial charge is 0.374 e. The van der Waals surface area contributed by atoms with Crippen molar-refractivity contribution in [3.05, 3.63) is 34.0 Å². The topological polar surface area (TPSA) is 66.9 Å². The maximum Gasteiger partial charge on any atom is 0.248 e. The van der Waals surface area contributed by atoms with E-state index < -0.39 is 11.9 Å². The lowest BCUT2D eigenvalue weighted by Crippen LogP contribution is -2.31. The van der Waals surface area contributed by atoms with E-state index in [0.717, 1.165) is 5.01 Å². The van der Waals surface area contributed by atoms with E-state index in [9.17, 15) is 9.18 Å². The molecule has 106 valence electrons. The maximum absolute atomic E-state index is 13.0. The highest BCUT2D eigenvalue weighted by Crippen LogP contribution is 2.20. The Balaban J connectivity index is 1.98. The number of hydrogen-bond donors (Lipinski definition) is 2. The molecule has 8 heteroatoms. The molecule has 2 rings (SSSR count). The lowest BCUT2D eigenvalue weighted by Gasteiger charge is -2.14. The van der Waals surface area contributed by atoms with Crippen molar-refractivity contribution < 1.29 is 9.18 Å². The van der Waals surface area contributed by atoms with Gasteiger partial charge in [-0.15, -0.1) is 10.2 Å². The second-order valence-corrected chi connectivity index (χ2v) is 5.70. The number of amides is 1. The number of carbonyl (C=O) groups is 1. The molecule has 0 radical (unpaired) electrons. The van der Waals surface area contributed by atoms with Crippen LogP contribution in [0.5, 0.6) is 0 Å². The molecule has 20 heavy (non-hydrogen) atoms. The van der Waals surface area contributed by atoms with Crippen molar-refractivity contribution in [2.45, 2.75) is 19.9 Å². The Morgan fingerprint density at radius 1 is 1.45 bits per heavy atom. The Hall–Kier alpha value is -1.73. The summed E-state index contributed by atoms with van der Waals surface area (Å²) in [5.74, 6) is -0.764. The van der Waals surface area contributed by atoms with Gasteiger partial charge in [0.25, 0.3) is 0 Å². The molecule has 1 amide bonds. The quantitative estimate of drug-likeness (QED) is 0.910. The lowest BCUT2D eigenvalue weighted by atomic mass is 10.2. The van der Waals surface area contributed by atoms with Crippen molar-refractivity contribution in [1.82, 2.24) is 10.2 Å². The number of nitrogens with zero attached hydrogens (tertiary/aromatic N) is 2. The van der Waals surface area contributed by atoms with E-state index >= 15 is 0 Å². The molecule has 0 aliphatic heterocycles. The summed E-state index contributed by atoms with van der Waals surface area (Å²) >= 11 is 6.97. The van der Waals surface area contributed by atoms with Gasteiger partial charge in [-0.25, -0.2) is 4.39 Å². The zero-order chi connectivity index (χ0) is 14.7. The third-order valence-electron chi connectivity index (χ3n) is 2.45. The predicted octanol–water partition coefficient (Wildman–Crippen LogP) is 3.08. The number of halogens is 2. The van der Waals surface area contributed by atoms with Crippen LogP contribution in [-0.2, 0) is 4.79 Å². The van der Waals surface area contributed by atoms with Crippen molar-refractivity contribution in [2.24, 2.45) is 0 Å². The van der Waals surface area contributed by atoms with Gasteiger partial charge in [-0.2, -0.15) is 0 Å². The summed E-state index contributed by atoms with van der Waals surface area (Å²) < 4.78 is 13.0. The Morgan fingerprint density at radius 3 is 2.80 bits per heavy atom. The van der Waals surface area contributed by atoms with Crippen LogP contribution in [0.1, 0.15) is 11.9 Å². The van der Waals surface area contributed by atoms with Gasteiger partial charge in [-0.3, -0.25) is 10.1 Å². The summed E-state index contributed by atoms with van der Waals surface area (Å²) in [5, 5.41) is 14.4. The molecule has 0 aliphatic rings. The van der Waals surface area contributed by atoms with Crippen LogP contribution in [0.3, 0.4) is 0 Å². The van der Waals surface area contributed by atoms with Crippen molar-refractivity contribution in [3.63, 3.8) is 0 Å². The number of carbonyl (C=O) groups excluding carboxylic acids is 1. The van der Waals surface area contributed by atoms with E-state index in [-0.39, 0.29) is 10.9 Å². The van der Waals surface area contributed by atoms with Crippen LogP contribution >= 0.6 is 22.9 Å². The van der Waals surface area contributed by atoms with Gasteiger partial charge in [-0.05, 0) is 32.0 Å². The van der Waals surface area contributed by atoms with Crippen LogP contribution in [0.25, 0.3) is 0 Å². The zero-order valence-electron chi connectivity index (χ0n) is 10.8. The fourth-order valence-corrected chi connectivity index (χ4v) is 2.24. The van der Waals surface area contributed by atoms with Crippen LogP contribution in [0, 0.1) is 12.7 Å². The number of rotatable bonds is 4. The first-order chi connectivity index (χ1) is 9.45. The minimum atomic E-state index is -0.527. The fraction of sp³-hybridized carbons (Fsp3) is 0.250. The molecule has 5 nitrogen and oxygen atoms in total. The molecular weight excluding hydrogens is 303 g/mol. The van der Waals surface area contributed by atoms with Gasteiger partial charge in [0, 0.05) is 5.69 Å². The molecule has 0 spiro atoms. The van der Waals surface area contributed by atoms with Gasteiger partial charge in [-0.1, -0.05) is 22.9 Å². The predicted molar refractivity (Wildman–Crippen MR) is 77.8 cm³/mol. The number of aromatic nitrogens is 2. The van der Waals surface area contributed by atoms with Crippen molar-refractivity contribution >= 4 is 39.7 Å². The van der Waals surface area contributed by atoms with Crippen molar-refractivity contribution in [1.29, 1.82) is 0 Å². The highest BCUT2D eigenvalue weighted by atomic mass is 35.5. The van der Waals surface area contributed by atoms with Gasteiger partial charge in [0.05, 0.1) is 5.02 Å². The highest BCUT2D eigenvalue weighted by molar-refractivity contribution is 7.15. The first kappa shape index (κ1) is 14.7. The summed E-state index contributed by atoms with van der Waals surface area (Å²) in [5.41, 5.74) is 0.562. The molecule has 0 saturated carbocycles. The molecule has 1 atom stereocenters. The first-order valence-corrected chi connectivity index (χ1v) is 6.97. The highest BCUT2D eigenvalue weighted by Gasteiger charge is 2.15. The first-order valence-electron chi connectivity index (χ1n) is 5.78. The van der Waals surface area contributed by atoms with E-state index in [1.54, 1.807) is 13.8 Å². The lowest BCUT2D eigenvalue weighted by molar-refractivity contribution is -0.116. The number of aryl methyl sites for hydroxylation is 1. The molecule has 1 aromatic carbocycles. The average Bonchev–Trinajstić information content (AvgIpc) is 2.79. The average molecular weight is 315 g/mol. The molecule has 0 unspecified atom stereocenters. The molecule has 2 aromatic rings. The standard InChI is InChI=1S/C12H12ClFN4OS/c1-6(11(19)16-12-18-17-7(2)20-12)15-8-3-4-10(14)9(13)5-8/h3-6,15H,1-2H3,(H,16,18,19)/t6-/m0/s1. The summed E-state index contributed by atoms with van der Waals surface area (Å²) in [6.07, 6.45) is 0. The van der Waals surface area contributed by atoms with Gasteiger partial charge >= 0.3 is 0 Å². The smallest absolute Gasteiger partial charge is 0.248 e. The second-order valence-electron chi connectivity index (χ2n) is 4.11. The summed E-state index contributed by atoms with van der Waals surface area (Å²) in [4.78, 5) is 11.9. The minimum Gasteiger partial charge on any atom is -0.374 e. The molecule has 0 bridgehead atoms. The number of benzene rings is 1. The maximum atomic E-state index is 13.0. The summed E-state index contributed by atoms with van der Waals surface area (Å²) in [6, 6.07) is 3.65. The molecular formula is C12H12ClFN4OS. The fourth-order valence-electron chi connectivity index (χ4n) is 1.46. The Morgan fingerprint density at radius 2 is 2.20 bits per heavy atom. The second kappa shape index (κ2) is 6.15.